The summed E-state index contributed by atoms with van der Waals surface area (Å²) in [6.45, 7) is 4.35. The molecule has 1 fully saturated rings. The van der Waals surface area contributed by atoms with Crippen molar-refractivity contribution in [3.63, 3.8) is 0 Å². The number of nitrogens with zero attached hydrogens (tertiary/aromatic N) is 3. The number of anilines is 1. The highest BCUT2D eigenvalue weighted by molar-refractivity contribution is 5.93. The number of ether oxygens (including phenoxy) is 3. The number of morpholine rings is 1. The molecule has 3 N–H and O–H groups in total. The number of amides is 1. The minimum Gasteiger partial charge on any atom is -0.504 e. The maximum atomic E-state index is 12.4. The zero-order valence-electron chi connectivity index (χ0n) is 18.9. The van der Waals surface area contributed by atoms with Crippen LogP contribution in [0.2, 0.25) is 0 Å². The summed E-state index contributed by atoms with van der Waals surface area (Å²) >= 11 is 0. The Morgan fingerprint density at radius 3 is 2.65 bits per heavy atom. The van der Waals surface area contributed by atoms with Crippen molar-refractivity contribution in [2.24, 2.45) is 7.05 Å². The fourth-order valence-electron chi connectivity index (χ4n) is 3.62. The molecule has 2 heterocycles. The van der Waals surface area contributed by atoms with E-state index in [0.717, 1.165) is 44.1 Å². The summed E-state index contributed by atoms with van der Waals surface area (Å²) in [5.74, 6) is 0.0231. The Morgan fingerprint density at radius 1 is 1.09 bits per heavy atom. The molecule has 1 aliphatic rings. The first kappa shape index (κ1) is 23.4. The summed E-state index contributed by atoms with van der Waals surface area (Å²) < 4.78 is 18.6. The molecule has 0 aliphatic carbocycles. The van der Waals surface area contributed by atoms with Crippen LogP contribution in [-0.2, 0) is 16.6 Å². The van der Waals surface area contributed by atoms with Crippen LogP contribution in [-0.4, -0.2) is 76.9 Å². The van der Waals surface area contributed by atoms with E-state index in [-0.39, 0.29) is 29.8 Å². The number of rotatable bonds is 9. The Morgan fingerprint density at radius 2 is 1.91 bits per heavy atom. The van der Waals surface area contributed by atoms with Crippen molar-refractivity contribution in [2.45, 2.75) is 0 Å². The lowest BCUT2D eigenvalue weighted by molar-refractivity contribution is -0.118. The van der Waals surface area contributed by atoms with E-state index < -0.39 is 0 Å². The second-order valence-corrected chi connectivity index (χ2v) is 7.84. The number of benzene rings is 2. The Balaban J connectivity index is 1.41. The van der Waals surface area contributed by atoms with Crippen LogP contribution in [0.4, 0.5) is 5.69 Å². The fourth-order valence-corrected chi connectivity index (χ4v) is 3.62. The van der Waals surface area contributed by atoms with Gasteiger partial charge in [0.05, 0.1) is 18.9 Å². The van der Waals surface area contributed by atoms with E-state index in [4.69, 9.17) is 14.2 Å². The van der Waals surface area contributed by atoms with Crippen LogP contribution in [0.25, 0.3) is 11.3 Å². The zero-order chi connectivity index (χ0) is 23.9. The van der Waals surface area contributed by atoms with Gasteiger partial charge in [0.2, 0.25) is 0 Å². The number of aromatic hydroxyl groups is 2. The van der Waals surface area contributed by atoms with Gasteiger partial charge in [0.15, 0.2) is 18.1 Å². The van der Waals surface area contributed by atoms with Gasteiger partial charge in [-0.15, -0.1) is 0 Å². The lowest BCUT2D eigenvalue weighted by atomic mass is 10.1. The van der Waals surface area contributed by atoms with Gasteiger partial charge in [-0.1, -0.05) is 0 Å². The van der Waals surface area contributed by atoms with Gasteiger partial charge in [0, 0.05) is 50.2 Å². The molecule has 0 saturated carbocycles. The van der Waals surface area contributed by atoms with Crippen molar-refractivity contribution in [3.05, 3.63) is 48.7 Å². The quantitative estimate of drug-likeness (QED) is 0.409. The van der Waals surface area contributed by atoms with Crippen molar-refractivity contribution >= 4 is 11.6 Å². The smallest absolute Gasteiger partial charge is 0.262 e. The number of aromatic nitrogens is 2. The van der Waals surface area contributed by atoms with E-state index in [1.54, 1.807) is 16.9 Å². The van der Waals surface area contributed by atoms with Crippen LogP contribution in [0.3, 0.4) is 0 Å². The van der Waals surface area contributed by atoms with Crippen LogP contribution < -0.4 is 14.8 Å². The Bertz CT molecular complexity index is 1130. The topological polar surface area (TPSA) is 118 Å². The van der Waals surface area contributed by atoms with E-state index in [2.05, 4.69) is 15.3 Å². The van der Waals surface area contributed by atoms with E-state index in [9.17, 15) is 15.0 Å². The Hall–Kier alpha value is -3.76. The lowest BCUT2D eigenvalue weighted by Gasteiger charge is -2.26. The molecule has 4 rings (SSSR count). The van der Waals surface area contributed by atoms with Crippen molar-refractivity contribution in [3.8, 4) is 34.3 Å². The van der Waals surface area contributed by atoms with Crippen molar-refractivity contribution in [1.82, 2.24) is 14.7 Å². The molecule has 3 aromatic rings. The third-order valence-electron chi connectivity index (χ3n) is 5.45. The molecular formula is C24H28N4O6. The molecule has 10 heteroatoms. The molecule has 34 heavy (non-hydrogen) atoms. The van der Waals surface area contributed by atoms with Crippen LogP contribution in [0.1, 0.15) is 0 Å². The molecule has 0 spiro atoms. The molecule has 0 unspecified atom stereocenters. The van der Waals surface area contributed by atoms with Crippen LogP contribution in [0.15, 0.2) is 48.7 Å². The largest absolute Gasteiger partial charge is 0.504 e. The number of phenolic OH excluding ortho intramolecular Hbond substituents is 2. The average molecular weight is 469 g/mol. The monoisotopic (exact) mass is 468 g/mol. The van der Waals surface area contributed by atoms with Gasteiger partial charge >= 0.3 is 0 Å². The number of hydrogen-bond acceptors (Lipinski definition) is 8. The van der Waals surface area contributed by atoms with Gasteiger partial charge in [0.1, 0.15) is 18.1 Å². The summed E-state index contributed by atoms with van der Waals surface area (Å²) in [5, 5.41) is 26.0. The molecule has 0 radical (unpaired) electrons. The van der Waals surface area contributed by atoms with E-state index in [1.807, 2.05) is 25.2 Å². The minimum absolute atomic E-state index is 0.258. The average Bonchev–Trinajstić information content (AvgIpc) is 3.27. The van der Waals surface area contributed by atoms with Gasteiger partial charge in [-0.05, 0) is 36.4 Å². The van der Waals surface area contributed by atoms with E-state index in [0.29, 0.717) is 18.0 Å². The summed E-state index contributed by atoms with van der Waals surface area (Å²) in [5.41, 5.74) is 2.25. The Labute approximate surface area is 197 Å². The highest BCUT2D eigenvalue weighted by Gasteiger charge is 2.15. The molecule has 10 nitrogen and oxygen atoms in total. The molecule has 1 amide bonds. The second kappa shape index (κ2) is 10.9. The number of carbonyl (C=O) groups excluding carboxylic acids is 1. The van der Waals surface area contributed by atoms with Gasteiger partial charge in [-0.3, -0.25) is 14.4 Å². The predicted molar refractivity (Wildman–Crippen MR) is 125 cm³/mol. The summed E-state index contributed by atoms with van der Waals surface area (Å²) in [6, 6.07) is 11.3. The van der Waals surface area contributed by atoms with Crippen LogP contribution in [0, 0.1) is 0 Å². The van der Waals surface area contributed by atoms with Gasteiger partial charge in [0.25, 0.3) is 5.91 Å². The Kier molecular flexibility index (Phi) is 7.51. The lowest BCUT2D eigenvalue weighted by Crippen LogP contribution is -2.38. The molecular weight excluding hydrogens is 440 g/mol. The predicted octanol–water partition coefficient (Wildman–Crippen LogP) is 2.23. The first-order valence-electron chi connectivity index (χ1n) is 11.0. The van der Waals surface area contributed by atoms with Crippen LogP contribution >= 0.6 is 0 Å². The maximum absolute atomic E-state index is 12.4. The van der Waals surface area contributed by atoms with Gasteiger partial charge in [-0.2, -0.15) is 5.10 Å². The summed E-state index contributed by atoms with van der Waals surface area (Å²) in [6.07, 6.45) is 1.71. The van der Waals surface area contributed by atoms with E-state index >= 15 is 0 Å². The van der Waals surface area contributed by atoms with Crippen molar-refractivity contribution in [1.29, 1.82) is 0 Å². The standard InChI is InChI=1S/C24H28N4O6/c1-27-20(6-7-25-27)19-14-17(2-5-23(19)33-13-10-28-8-11-32-12-9-28)26-24(31)16-34-18-3-4-21(29)22(30)15-18/h2-7,14-15,29-30H,8-13,16H2,1H3,(H,26,31). The highest BCUT2D eigenvalue weighted by Crippen LogP contribution is 2.33. The SMILES string of the molecule is Cn1nccc1-c1cc(NC(=O)COc2ccc(O)c(O)c2)ccc1OCCN1CCOCC1. The van der Waals surface area contributed by atoms with Crippen molar-refractivity contribution < 1.29 is 29.2 Å². The van der Waals surface area contributed by atoms with E-state index in [1.165, 1.54) is 18.2 Å². The maximum Gasteiger partial charge on any atom is 0.262 e. The number of phenols is 2. The normalized spacial score (nSPS) is 14.0. The number of hydrogen-bond donors (Lipinski definition) is 3. The second-order valence-electron chi connectivity index (χ2n) is 7.84. The van der Waals surface area contributed by atoms with Gasteiger partial charge in [-0.25, -0.2) is 0 Å². The molecule has 0 bridgehead atoms. The number of nitrogens with one attached hydrogen (secondary N) is 1. The minimum atomic E-state index is -0.371. The molecule has 1 aliphatic heterocycles. The van der Waals surface area contributed by atoms with Crippen molar-refractivity contribution in [2.75, 3.05) is 51.4 Å². The number of aryl methyl sites for hydroxylation is 1. The molecule has 0 atom stereocenters. The molecule has 1 saturated heterocycles. The molecule has 1 aromatic heterocycles. The first-order valence-corrected chi connectivity index (χ1v) is 11.0. The summed E-state index contributed by atoms with van der Waals surface area (Å²) in [7, 11) is 1.85. The fraction of sp³-hybridized carbons (Fsp3) is 0.333. The summed E-state index contributed by atoms with van der Waals surface area (Å²) in [4.78, 5) is 14.7. The third kappa shape index (κ3) is 5.97. The zero-order valence-corrected chi connectivity index (χ0v) is 18.9. The molecule has 2 aromatic carbocycles. The first-order chi connectivity index (χ1) is 16.5. The van der Waals surface area contributed by atoms with Crippen LogP contribution in [0.5, 0.6) is 23.0 Å². The van der Waals surface area contributed by atoms with Gasteiger partial charge < -0.3 is 29.7 Å². The third-order valence-corrected chi connectivity index (χ3v) is 5.45. The number of carbonyl (C=O) groups is 1. The highest BCUT2D eigenvalue weighted by atomic mass is 16.5. The molecule has 180 valence electrons.